The lowest BCUT2D eigenvalue weighted by Crippen LogP contribution is -2.29. The maximum Gasteiger partial charge on any atom is 0.182 e. The molecule has 1 aliphatic carbocycles. The lowest BCUT2D eigenvalue weighted by molar-refractivity contribution is 0.0959. The van der Waals surface area contributed by atoms with Crippen LogP contribution in [0.1, 0.15) is 49.0 Å². The molecule has 0 aliphatic heterocycles. The second-order valence-corrected chi connectivity index (χ2v) is 5.80. The fraction of sp³-hybridized carbons (Fsp3) is 0.625. The van der Waals surface area contributed by atoms with Crippen LogP contribution < -0.4 is 0 Å². The van der Waals surface area contributed by atoms with Crippen LogP contribution in [0.15, 0.2) is 18.3 Å². The third-order valence-corrected chi connectivity index (χ3v) is 4.03. The van der Waals surface area contributed by atoms with Crippen molar-refractivity contribution >= 4 is 5.78 Å². The minimum absolute atomic E-state index is 0.0134. The third kappa shape index (κ3) is 4.67. The molecule has 1 fully saturated rings. The first-order chi connectivity index (χ1) is 9.65. The van der Waals surface area contributed by atoms with Crippen molar-refractivity contribution in [3.05, 3.63) is 29.8 Å². The summed E-state index contributed by atoms with van der Waals surface area (Å²) in [6, 6.07) is 2.74. The summed E-state index contributed by atoms with van der Waals surface area (Å²) in [7, 11) is 2.07. The molecule has 110 valence electrons. The summed E-state index contributed by atoms with van der Waals surface area (Å²) in [5.74, 6) is 0.365. The first-order valence-corrected chi connectivity index (χ1v) is 7.48. The molecule has 3 nitrogen and oxygen atoms in total. The van der Waals surface area contributed by atoms with E-state index in [4.69, 9.17) is 0 Å². The van der Waals surface area contributed by atoms with Gasteiger partial charge in [-0.05, 0) is 37.9 Å². The summed E-state index contributed by atoms with van der Waals surface area (Å²) in [5.41, 5.74) is 0.359. The van der Waals surface area contributed by atoms with E-state index in [2.05, 4.69) is 16.9 Å². The van der Waals surface area contributed by atoms with Crippen LogP contribution in [0.25, 0.3) is 0 Å². The molecule has 0 unspecified atom stereocenters. The number of pyridine rings is 1. The standard InChI is InChI=1S/C16H23FN2O/c1-19(12-13-5-3-2-4-6-13)10-9-16(20)15-8-7-14(17)11-18-15/h7-8,11,13H,2-6,9-10,12H2,1H3. The van der Waals surface area contributed by atoms with Crippen LogP contribution >= 0.6 is 0 Å². The number of ketones is 1. The number of carbonyl (C=O) groups is 1. The Balaban J connectivity index is 1.73. The van der Waals surface area contributed by atoms with Gasteiger partial charge in [0.25, 0.3) is 0 Å². The zero-order valence-corrected chi connectivity index (χ0v) is 12.1. The minimum atomic E-state index is -0.407. The van der Waals surface area contributed by atoms with Gasteiger partial charge in [0.15, 0.2) is 5.78 Å². The average Bonchev–Trinajstić information content (AvgIpc) is 2.46. The Bertz CT molecular complexity index is 427. The van der Waals surface area contributed by atoms with E-state index >= 15 is 0 Å². The van der Waals surface area contributed by atoms with Gasteiger partial charge < -0.3 is 4.90 Å². The van der Waals surface area contributed by atoms with Gasteiger partial charge >= 0.3 is 0 Å². The predicted octanol–water partition coefficient (Wildman–Crippen LogP) is 3.31. The van der Waals surface area contributed by atoms with Crippen LogP contribution in [0.2, 0.25) is 0 Å². The van der Waals surface area contributed by atoms with Gasteiger partial charge in [-0.15, -0.1) is 0 Å². The fourth-order valence-corrected chi connectivity index (χ4v) is 2.86. The van der Waals surface area contributed by atoms with Gasteiger partial charge in [-0.25, -0.2) is 4.39 Å². The number of hydrogen-bond donors (Lipinski definition) is 0. The molecule has 4 heteroatoms. The van der Waals surface area contributed by atoms with Crippen LogP contribution in [0.3, 0.4) is 0 Å². The largest absolute Gasteiger partial charge is 0.306 e. The Kier molecular flexibility index (Phi) is 5.65. The Morgan fingerprint density at radius 2 is 2.10 bits per heavy atom. The van der Waals surface area contributed by atoms with Gasteiger partial charge in [0, 0.05) is 19.5 Å². The number of carbonyl (C=O) groups excluding carboxylic acids is 1. The molecule has 1 aromatic rings. The van der Waals surface area contributed by atoms with Crippen molar-refractivity contribution < 1.29 is 9.18 Å². The smallest absolute Gasteiger partial charge is 0.182 e. The first-order valence-electron chi connectivity index (χ1n) is 7.48. The summed E-state index contributed by atoms with van der Waals surface area (Å²) in [6.07, 6.45) is 8.24. The van der Waals surface area contributed by atoms with Crippen LogP contribution in [0.5, 0.6) is 0 Å². The van der Waals surface area contributed by atoms with Crippen molar-refractivity contribution in [2.45, 2.75) is 38.5 Å². The highest BCUT2D eigenvalue weighted by Gasteiger charge is 2.16. The summed E-state index contributed by atoms with van der Waals surface area (Å²) in [6.45, 7) is 1.82. The molecule has 2 rings (SSSR count). The Hall–Kier alpha value is -1.29. The van der Waals surface area contributed by atoms with Crippen molar-refractivity contribution in [3.8, 4) is 0 Å². The van der Waals surface area contributed by atoms with Crippen molar-refractivity contribution in [1.29, 1.82) is 0 Å². The highest BCUT2D eigenvalue weighted by molar-refractivity contribution is 5.94. The molecule has 0 aromatic carbocycles. The van der Waals surface area contributed by atoms with E-state index in [1.165, 1.54) is 44.2 Å². The highest BCUT2D eigenvalue weighted by atomic mass is 19.1. The molecule has 20 heavy (non-hydrogen) atoms. The second kappa shape index (κ2) is 7.48. The molecule has 0 radical (unpaired) electrons. The van der Waals surface area contributed by atoms with Gasteiger partial charge in [-0.2, -0.15) is 0 Å². The Labute approximate surface area is 120 Å². The summed E-state index contributed by atoms with van der Waals surface area (Å²) in [4.78, 5) is 18.0. The molecule has 0 saturated heterocycles. The Morgan fingerprint density at radius 1 is 1.35 bits per heavy atom. The number of nitrogens with zero attached hydrogens (tertiary/aromatic N) is 2. The van der Waals surface area contributed by atoms with E-state index in [0.29, 0.717) is 12.1 Å². The normalized spacial score (nSPS) is 16.6. The number of aromatic nitrogens is 1. The van der Waals surface area contributed by atoms with E-state index in [9.17, 15) is 9.18 Å². The van der Waals surface area contributed by atoms with E-state index in [-0.39, 0.29) is 5.78 Å². The van der Waals surface area contributed by atoms with Crippen molar-refractivity contribution in [3.63, 3.8) is 0 Å². The predicted molar refractivity (Wildman–Crippen MR) is 77.2 cm³/mol. The first kappa shape index (κ1) is 15.1. The van der Waals surface area contributed by atoms with Gasteiger partial charge in [0.1, 0.15) is 11.5 Å². The molecule has 0 bridgehead atoms. The van der Waals surface area contributed by atoms with Gasteiger partial charge in [0.2, 0.25) is 0 Å². The molecule has 0 spiro atoms. The molecule has 1 aliphatic rings. The third-order valence-electron chi connectivity index (χ3n) is 4.03. The minimum Gasteiger partial charge on any atom is -0.306 e. The monoisotopic (exact) mass is 278 g/mol. The topological polar surface area (TPSA) is 33.2 Å². The zero-order valence-electron chi connectivity index (χ0n) is 12.1. The summed E-state index contributed by atoms with van der Waals surface area (Å²) >= 11 is 0. The zero-order chi connectivity index (χ0) is 14.4. The second-order valence-electron chi connectivity index (χ2n) is 5.80. The number of halogens is 1. The number of Topliss-reactive ketones (excluding diaryl/α,β-unsaturated/α-hetero) is 1. The van der Waals surface area contributed by atoms with Crippen molar-refractivity contribution in [1.82, 2.24) is 9.88 Å². The van der Waals surface area contributed by atoms with E-state index in [0.717, 1.165) is 25.2 Å². The molecular weight excluding hydrogens is 255 g/mol. The van der Waals surface area contributed by atoms with Crippen molar-refractivity contribution in [2.75, 3.05) is 20.1 Å². The molecule has 0 amide bonds. The lowest BCUT2D eigenvalue weighted by atomic mass is 9.89. The molecule has 1 aromatic heterocycles. The van der Waals surface area contributed by atoms with Gasteiger partial charge in [0.05, 0.1) is 6.20 Å². The maximum atomic E-state index is 12.7. The number of hydrogen-bond acceptors (Lipinski definition) is 3. The van der Waals surface area contributed by atoms with Crippen LogP contribution in [-0.4, -0.2) is 35.8 Å². The van der Waals surface area contributed by atoms with E-state index < -0.39 is 5.82 Å². The van der Waals surface area contributed by atoms with Crippen molar-refractivity contribution in [2.24, 2.45) is 5.92 Å². The fourth-order valence-electron chi connectivity index (χ4n) is 2.86. The van der Waals surface area contributed by atoms with E-state index in [1.54, 1.807) is 0 Å². The Morgan fingerprint density at radius 3 is 2.75 bits per heavy atom. The average molecular weight is 278 g/mol. The molecule has 1 heterocycles. The van der Waals surface area contributed by atoms with Gasteiger partial charge in [-0.1, -0.05) is 19.3 Å². The number of rotatable bonds is 6. The van der Waals surface area contributed by atoms with E-state index in [1.807, 2.05) is 0 Å². The highest BCUT2D eigenvalue weighted by Crippen LogP contribution is 2.24. The maximum absolute atomic E-state index is 12.7. The lowest BCUT2D eigenvalue weighted by Gasteiger charge is -2.26. The van der Waals surface area contributed by atoms with Crippen LogP contribution in [0.4, 0.5) is 4.39 Å². The quantitative estimate of drug-likeness (QED) is 0.749. The molecule has 1 saturated carbocycles. The van der Waals surface area contributed by atoms with Gasteiger partial charge in [-0.3, -0.25) is 9.78 Å². The van der Waals surface area contributed by atoms with Crippen LogP contribution in [0, 0.1) is 11.7 Å². The molecule has 0 atom stereocenters. The van der Waals surface area contributed by atoms with Crippen LogP contribution in [-0.2, 0) is 0 Å². The SMILES string of the molecule is CN(CCC(=O)c1ccc(F)cn1)CC1CCCCC1. The molecule has 0 N–H and O–H groups in total. The summed E-state index contributed by atoms with van der Waals surface area (Å²) < 4.78 is 12.7. The molecular formula is C16H23FN2O. The summed E-state index contributed by atoms with van der Waals surface area (Å²) in [5, 5.41) is 0.